The number of ether oxygens (including phenoxy) is 2. The Labute approximate surface area is 122 Å². The minimum Gasteiger partial charge on any atom is -0.460 e. The molecule has 0 fully saturated rings. The first kappa shape index (κ1) is 16.1. The molecule has 0 atom stereocenters. The quantitative estimate of drug-likeness (QED) is 0.842. The maximum absolute atomic E-state index is 12.1. The predicted octanol–water partition coefficient (Wildman–Crippen LogP) is 1.47. The third kappa shape index (κ3) is 3.47. The Morgan fingerprint density at radius 2 is 2.05 bits per heavy atom. The lowest BCUT2D eigenvalue weighted by atomic mass is 10.3. The van der Waals surface area contributed by atoms with E-state index in [1.54, 1.807) is 0 Å². The van der Waals surface area contributed by atoms with Crippen molar-refractivity contribution in [2.24, 2.45) is 4.99 Å². The van der Waals surface area contributed by atoms with Crippen LogP contribution in [0.5, 0.6) is 5.75 Å². The van der Waals surface area contributed by atoms with E-state index in [0.717, 1.165) is 12.1 Å². The summed E-state index contributed by atoms with van der Waals surface area (Å²) in [7, 11) is -4.26. The number of fused-ring (bicyclic) bond motifs is 1. The van der Waals surface area contributed by atoms with Crippen LogP contribution < -0.4 is 9.46 Å². The van der Waals surface area contributed by atoms with Crippen LogP contribution in [0.15, 0.2) is 28.1 Å². The van der Waals surface area contributed by atoms with E-state index in [1.165, 1.54) is 6.92 Å². The summed E-state index contributed by atoms with van der Waals surface area (Å²) in [6.07, 6.45) is -4.96. The number of carbonyl (C=O) groups excluding carboxylic acids is 1. The average molecular weight is 338 g/mol. The zero-order valence-electron chi connectivity index (χ0n) is 11.0. The molecule has 120 valence electrons. The number of alkyl halides is 3. The molecule has 1 aliphatic heterocycles. The predicted molar refractivity (Wildman–Crippen MR) is 67.2 cm³/mol. The van der Waals surface area contributed by atoms with Crippen molar-refractivity contribution in [2.45, 2.75) is 18.2 Å². The lowest BCUT2D eigenvalue weighted by Gasteiger charge is -2.18. The van der Waals surface area contributed by atoms with Crippen LogP contribution in [-0.4, -0.2) is 33.2 Å². The zero-order valence-corrected chi connectivity index (χ0v) is 11.8. The van der Waals surface area contributed by atoms with Crippen molar-refractivity contribution in [1.29, 1.82) is 0 Å². The fraction of sp³-hybridized carbons (Fsp3) is 0.273. The fourth-order valence-corrected chi connectivity index (χ4v) is 2.77. The van der Waals surface area contributed by atoms with Crippen LogP contribution in [0.25, 0.3) is 0 Å². The molecule has 0 aromatic heterocycles. The molecule has 0 radical (unpaired) electrons. The van der Waals surface area contributed by atoms with Gasteiger partial charge in [0.25, 0.3) is 10.0 Å². The molecule has 0 spiro atoms. The minimum absolute atomic E-state index is 0.00476. The van der Waals surface area contributed by atoms with Crippen LogP contribution in [0.1, 0.15) is 6.92 Å². The Kier molecular flexibility index (Phi) is 4.00. The van der Waals surface area contributed by atoms with E-state index in [2.05, 4.69) is 14.5 Å². The molecular weight excluding hydrogens is 329 g/mol. The number of esters is 1. The van der Waals surface area contributed by atoms with Crippen molar-refractivity contribution in [3.63, 3.8) is 0 Å². The van der Waals surface area contributed by atoms with Crippen molar-refractivity contribution in [2.75, 3.05) is 6.61 Å². The second-order valence-electron chi connectivity index (χ2n) is 3.96. The number of hydrogen-bond acceptors (Lipinski definition) is 6. The van der Waals surface area contributed by atoms with Gasteiger partial charge in [0.1, 0.15) is 10.6 Å². The molecule has 2 rings (SSSR count). The summed E-state index contributed by atoms with van der Waals surface area (Å²) in [4.78, 5) is 14.7. The summed E-state index contributed by atoms with van der Waals surface area (Å²) in [6.45, 7) is 1.52. The Hall–Kier alpha value is -2.30. The maximum atomic E-state index is 12.1. The van der Waals surface area contributed by atoms with Crippen LogP contribution in [0.2, 0.25) is 0 Å². The number of rotatable bonds is 3. The maximum Gasteiger partial charge on any atom is 0.573 e. The number of nitrogens with one attached hydrogen (secondary N) is 1. The van der Waals surface area contributed by atoms with Crippen LogP contribution in [0.4, 0.5) is 18.9 Å². The molecule has 11 heteroatoms. The highest BCUT2D eigenvalue weighted by atomic mass is 32.2. The van der Waals surface area contributed by atoms with Gasteiger partial charge in [0, 0.05) is 6.07 Å². The first-order chi connectivity index (χ1) is 10.1. The fourth-order valence-electron chi connectivity index (χ4n) is 1.61. The number of hydrogen-bond donors (Lipinski definition) is 1. The van der Waals surface area contributed by atoms with Crippen molar-refractivity contribution in [1.82, 2.24) is 4.72 Å². The zero-order chi connectivity index (χ0) is 16.5. The molecular formula is C11H9F3N2O5S. The van der Waals surface area contributed by atoms with Gasteiger partial charge in [0.05, 0.1) is 12.3 Å². The van der Waals surface area contributed by atoms with E-state index in [-0.39, 0.29) is 12.3 Å². The number of nitrogens with zero attached hydrogens (tertiary/aromatic N) is 1. The van der Waals surface area contributed by atoms with Gasteiger partial charge < -0.3 is 9.47 Å². The average Bonchev–Trinajstić information content (AvgIpc) is 2.37. The molecule has 0 saturated heterocycles. The second kappa shape index (κ2) is 5.48. The van der Waals surface area contributed by atoms with Crippen LogP contribution in [0.3, 0.4) is 0 Å². The molecule has 22 heavy (non-hydrogen) atoms. The normalized spacial score (nSPS) is 16.1. The van der Waals surface area contributed by atoms with Gasteiger partial charge in [-0.3, -0.25) is 4.72 Å². The highest BCUT2D eigenvalue weighted by Crippen LogP contribution is 2.33. The van der Waals surface area contributed by atoms with Gasteiger partial charge in [-0.15, -0.1) is 13.2 Å². The first-order valence-corrected chi connectivity index (χ1v) is 7.29. The number of sulfonamides is 1. The summed E-state index contributed by atoms with van der Waals surface area (Å²) in [5.41, 5.74) is -0.198. The molecule has 0 amide bonds. The van der Waals surface area contributed by atoms with Crippen LogP contribution in [-0.2, 0) is 19.6 Å². The SMILES string of the molecule is CCOC(=O)C1=Nc2ccc(OC(F)(F)F)cc2S(=O)(=O)N1. The van der Waals surface area contributed by atoms with Crippen LogP contribution in [0, 0.1) is 0 Å². The van der Waals surface area contributed by atoms with Crippen molar-refractivity contribution in [3.8, 4) is 5.75 Å². The Morgan fingerprint density at radius 1 is 1.36 bits per heavy atom. The monoisotopic (exact) mass is 338 g/mol. The number of amidine groups is 1. The molecule has 0 aliphatic carbocycles. The van der Waals surface area contributed by atoms with Gasteiger partial charge in [0.2, 0.25) is 5.84 Å². The lowest BCUT2D eigenvalue weighted by Crippen LogP contribution is -2.39. The Morgan fingerprint density at radius 3 is 2.64 bits per heavy atom. The molecule has 1 heterocycles. The second-order valence-corrected chi connectivity index (χ2v) is 5.61. The van der Waals surface area contributed by atoms with Crippen LogP contribution >= 0.6 is 0 Å². The highest BCUT2D eigenvalue weighted by Gasteiger charge is 2.34. The van der Waals surface area contributed by atoms with Gasteiger partial charge in [-0.1, -0.05) is 0 Å². The molecule has 0 unspecified atom stereocenters. The van der Waals surface area contributed by atoms with Crippen molar-refractivity contribution >= 4 is 27.5 Å². The van der Waals surface area contributed by atoms with E-state index in [1.807, 2.05) is 4.72 Å². The third-order valence-electron chi connectivity index (χ3n) is 2.39. The number of halogens is 3. The number of carbonyl (C=O) groups is 1. The molecule has 7 nitrogen and oxygen atoms in total. The topological polar surface area (TPSA) is 94.1 Å². The molecule has 1 N–H and O–H groups in total. The molecule has 1 aromatic rings. The summed E-state index contributed by atoms with van der Waals surface area (Å²) >= 11 is 0. The van der Waals surface area contributed by atoms with E-state index < -0.39 is 38.8 Å². The number of aliphatic imine (C=N–C) groups is 1. The third-order valence-corrected chi connectivity index (χ3v) is 3.75. The van der Waals surface area contributed by atoms with Gasteiger partial charge >= 0.3 is 12.3 Å². The largest absolute Gasteiger partial charge is 0.573 e. The number of benzene rings is 1. The van der Waals surface area contributed by atoms with E-state index in [9.17, 15) is 26.4 Å². The molecule has 1 aliphatic rings. The van der Waals surface area contributed by atoms with E-state index >= 15 is 0 Å². The van der Waals surface area contributed by atoms with Gasteiger partial charge in [-0.25, -0.2) is 18.2 Å². The molecule has 0 saturated carbocycles. The van der Waals surface area contributed by atoms with Gasteiger partial charge in [-0.05, 0) is 19.1 Å². The van der Waals surface area contributed by atoms with E-state index in [4.69, 9.17) is 0 Å². The standard InChI is InChI=1S/C11H9F3N2O5S/c1-2-20-10(17)9-15-7-4-3-6(21-11(12,13)14)5-8(7)22(18,19)16-9/h3-5H,2H2,1H3,(H,15,16). The minimum atomic E-state index is -4.96. The van der Waals surface area contributed by atoms with Gasteiger partial charge in [-0.2, -0.15) is 0 Å². The highest BCUT2D eigenvalue weighted by molar-refractivity contribution is 7.90. The summed E-state index contributed by atoms with van der Waals surface area (Å²) in [5, 5.41) is 0. The first-order valence-electron chi connectivity index (χ1n) is 5.81. The Bertz CT molecular complexity index is 743. The summed E-state index contributed by atoms with van der Waals surface area (Å²) in [5.74, 6) is -2.28. The van der Waals surface area contributed by atoms with Gasteiger partial charge in [0.15, 0.2) is 0 Å². The van der Waals surface area contributed by atoms with Crippen molar-refractivity contribution < 1.29 is 35.9 Å². The molecule has 0 bridgehead atoms. The summed E-state index contributed by atoms with van der Waals surface area (Å²) in [6, 6.07) is 2.55. The molecule has 1 aromatic carbocycles. The Balaban J connectivity index is 2.44. The summed E-state index contributed by atoms with van der Waals surface area (Å²) < 4.78 is 70.5. The van der Waals surface area contributed by atoms with Crippen molar-refractivity contribution in [3.05, 3.63) is 18.2 Å². The van der Waals surface area contributed by atoms with E-state index in [0.29, 0.717) is 6.07 Å². The lowest BCUT2D eigenvalue weighted by molar-refractivity contribution is -0.274. The smallest absolute Gasteiger partial charge is 0.460 e.